The molecule has 4 nitrogen and oxygen atoms in total. The lowest BCUT2D eigenvalue weighted by molar-refractivity contribution is -0.134. The summed E-state index contributed by atoms with van der Waals surface area (Å²) < 4.78 is 0. The van der Waals surface area contributed by atoms with Crippen molar-refractivity contribution in [3.63, 3.8) is 0 Å². The minimum Gasteiger partial charge on any atom is -0.347 e. The summed E-state index contributed by atoms with van der Waals surface area (Å²) in [5.74, 6) is 0.136. The number of amides is 1. The van der Waals surface area contributed by atoms with E-state index in [0.29, 0.717) is 12.6 Å². The smallest absolute Gasteiger partial charge is 0.239 e. The number of carbonyl (C=O) groups excluding carboxylic acids is 1. The average Bonchev–Trinajstić information content (AvgIpc) is 2.14. The van der Waals surface area contributed by atoms with Gasteiger partial charge >= 0.3 is 0 Å². The third kappa shape index (κ3) is 3.64. The van der Waals surface area contributed by atoms with Gasteiger partial charge in [-0.15, -0.1) is 0 Å². The number of nitrogens with zero attached hydrogens (tertiary/aromatic N) is 2. The molecule has 0 heterocycles. The lowest BCUT2D eigenvalue weighted by atomic mass is 10.1. The van der Waals surface area contributed by atoms with Crippen LogP contribution in [-0.4, -0.2) is 55.5 Å². The van der Waals surface area contributed by atoms with E-state index in [2.05, 4.69) is 11.8 Å². The van der Waals surface area contributed by atoms with Crippen molar-refractivity contribution >= 4 is 5.91 Å². The van der Waals surface area contributed by atoms with Crippen LogP contribution in [-0.2, 0) is 4.79 Å². The Morgan fingerprint density at radius 1 is 1.29 bits per heavy atom. The molecule has 0 spiro atoms. The van der Waals surface area contributed by atoms with E-state index in [1.54, 1.807) is 19.0 Å². The van der Waals surface area contributed by atoms with E-state index in [9.17, 15) is 4.79 Å². The van der Waals surface area contributed by atoms with Gasteiger partial charge in [-0.25, -0.2) is 0 Å². The van der Waals surface area contributed by atoms with Gasteiger partial charge in [-0.3, -0.25) is 9.69 Å². The minimum absolute atomic E-state index is 0.0773. The highest BCUT2D eigenvalue weighted by molar-refractivity contribution is 5.80. The van der Waals surface area contributed by atoms with Crippen molar-refractivity contribution in [2.24, 2.45) is 5.73 Å². The van der Waals surface area contributed by atoms with Gasteiger partial charge in [0.2, 0.25) is 5.91 Å². The number of hydrogen-bond donors (Lipinski definition) is 1. The van der Waals surface area contributed by atoms with Crippen molar-refractivity contribution in [3.8, 4) is 0 Å². The molecular formula is C10H23N3O. The van der Waals surface area contributed by atoms with Crippen LogP contribution < -0.4 is 5.73 Å². The fourth-order valence-corrected chi connectivity index (χ4v) is 1.37. The first-order valence-electron chi connectivity index (χ1n) is 5.05. The molecule has 1 amide bonds. The molecule has 2 unspecified atom stereocenters. The second-order valence-corrected chi connectivity index (χ2v) is 4.00. The van der Waals surface area contributed by atoms with Crippen molar-refractivity contribution in [1.29, 1.82) is 0 Å². The average molecular weight is 201 g/mol. The summed E-state index contributed by atoms with van der Waals surface area (Å²) in [5, 5.41) is 0. The summed E-state index contributed by atoms with van der Waals surface area (Å²) in [5.41, 5.74) is 5.48. The van der Waals surface area contributed by atoms with Crippen molar-refractivity contribution < 1.29 is 4.79 Å². The zero-order valence-electron chi connectivity index (χ0n) is 9.95. The Kier molecular flexibility index (Phi) is 5.72. The lowest BCUT2D eigenvalue weighted by Crippen LogP contribution is -2.46. The number of likely N-dealkylation sites (N-methyl/N-ethyl adjacent to an activating group) is 2. The highest BCUT2D eigenvalue weighted by atomic mass is 16.2. The Hall–Kier alpha value is -0.610. The van der Waals surface area contributed by atoms with Gasteiger partial charge in [-0.1, -0.05) is 0 Å². The zero-order chi connectivity index (χ0) is 11.3. The van der Waals surface area contributed by atoms with Crippen molar-refractivity contribution in [2.45, 2.75) is 32.4 Å². The first-order valence-corrected chi connectivity index (χ1v) is 5.05. The Bertz CT molecular complexity index is 182. The van der Waals surface area contributed by atoms with Gasteiger partial charge in [-0.05, 0) is 33.9 Å². The van der Waals surface area contributed by atoms with Gasteiger partial charge in [0.1, 0.15) is 0 Å². The molecule has 14 heavy (non-hydrogen) atoms. The first kappa shape index (κ1) is 13.4. The molecule has 0 bridgehead atoms. The van der Waals surface area contributed by atoms with Crippen LogP contribution >= 0.6 is 0 Å². The summed E-state index contributed by atoms with van der Waals surface area (Å²) in [6.07, 6.45) is 0.918. The quantitative estimate of drug-likeness (QED) is 0.688. The summed E-state index contributed by atoms with van der Waals surface area (Å²) >= 11 is 0. The maximum Gasteiger partial charge on any atom is 0.239 e. The van der Waals surface area contributed by atoms with Crippen LogP contribution in [0.2, 0.25) is 0 Å². The topological polar surface area (TPSA) is 49.6 Å². The normalized spacial score (nSPS) is 15.4. The monoisotopic (exact) mass is 201 g/mol. The molecule has 0 radical (unpaired) electrons. The van der Waals surface area contributed by atoms with Gasteiger partial charge in [0, 0.05) is 20.1 Å². The van der Waals surface area contributed by atoms with E-state index >= 15 is 0 Å². The molecule has 0 aliphatic carbocycles. The van der Waals surface area contributed by atoms with E-state index in [0.717, 1.165) is 6.42 Å². The van der Waals surface area contributed by atoms with Crippen molar-refractivity contribution in [3.05, 3.63) is 0 Å². The van der Waals surface area contributed by atoms with Crippen molar-refractivity contribution in [1.82, 2.24) is 9.80 Å². The maximum absolute atomic E-state index is 11.6. The molecule has 0 fully saturated rings. The minimum atomic E-state index is -0.0773. The van der Waals surface area contributed by atoms with Crippen LogP contribution in [0.4, 0.5) is 0 Å². The Morgan fingerprint density at radius 2 is 1.79 bits per heavy atom. The number of rotatable bonds is 5. The van der Waals surface area contributed by atoms with Crippen LogP contribution in [0.1, 0.15) is 20.3 Å². The summed E-state index contributed by atoms with van der Waals surface area (Å²) in [6, 6.07) is 0.269. The van der Waals surface area contributed by atoms with Gasteiger partial charge in [0.25, 0.3) is 0 Å². The Morgan fingerprint density at radius 3 is 2.14 bits per heavy atom. The standard InChI is InChI=1S/C10H23N3O/c1-8(6-7-11)13(5)9(2)10(14)12(3)4/h8-9H,6-7,11H2,1-5H3. The van der Waals surface area contributed by atoms with Crippen LogP contribution in [0.25, 0.3) is 0 Å². The van der Waals surface area contributed by atoms with Crippen LogP contribution in [0, 0.1) is 0 Å². The zero-order valence-corrected chi connectivity index (χ0v) is 9.95. The van der Waals surface area contributed by atoms with Gasteiger partial charge < -0.3 is 10.6 Å². The second-order valence-electron chi connectivity index (χ2n) is 4.00. The maximum atomic E-state index is 11.6. The largest absolute Gasteiger partial charge is 0.347 e. The lowest BCUT2D eigenvalue weighted by Gasteiger charge is -2.31. The van der Waals surface area contributed by atoms with Crippen LogP contribution in [0.15, 0.2) is 0 Å². The highest BCUT2D eigenvalue weighted by Gasteiger charge is 2.22. The second kappa shape index (κ2) is 5.98. The van der Waals surface area contributed by atoms with E-state index in [1.807, 2.05) is 14.0 Å². The molecule has 2 N–H and O–H groups in total. The fourth-order valence-electron chi connectivity index (χ4n) is 1.37. The molecule has 0 rings (SSSR count). The number of carbonyl (C=O) groups is 1. The predicted molar refractivity (Wildman–Crippen MR) is 59.1 cm³/mol. The molecule has 4 heteroatoms. The van der Waals surface area contributed by atoms with E-state index in [-0.39, 0.29) is 11.9 Å². The molecule has 2 atom stereocenters. The highest BCUT2D eigenvalue weighted by Crippen LogP contribution is 2.06. The summed E-state index contributed by atoms with van der Waals surface area (Å²) in [7, 11) is 5.52. The molecule has 0 aliphatic rings. The summed E-state index contributed by atoms with van der Waals surface area (Å²) in [4.78, 5) is 15.3. The third-order valence-electron chi connectivity index (χ3n) is 2.69. The first-order chi connectivity index (χ1) is 6.41. The van der Waals surface area contributed by atoms with E-state index < -0.39 is 0 Å². The fraction of sp³-hybridized carbons (Fsp3) is 0.900. The molecule has 0 aromatic carbocycles. The van der Waals surface area contributed by atoms with Crippen molar-refractivity contribution in [2.75, 3.05) is 27.7 Å². The molecule has 0 aromatic heterocycles. The van der Waals surface area contributed by atoms with Crippen LogP contribution in [0.5, 0.6) is 0 Å². The number of nitrogens with two attached hydrogens (primary N) is 1. The van der Waals surface area contributed by atoms with Crippen LogP contribution in [0.3, 0.4) is 0 Å². The molecular weight excluding hydrogens is 178 g/mol. The van der Waals surface area contributed by atoms with E-state index in [1.165, 1.54) is 0 Å². The number of hydrogen-bond acceptors (Lipinski definition) is 3. The molecule has 0 saturated carbocycles. The Labute approximate surface area is 87.0 Å². The Balaban J connectivity index is 4.23. The molecule has 84 valence electrons. The molecule has 0 saturated heterocycles. The van der Waals surface area contributed by atoms with Gasteiger partial charge in [0.05, 0.1) is 6.04 Å². The molecule has 0 aliphatic heterocycles. The SMILES string of the molecule is CC(CCN)N(C)C(C)C(=O)N(C)C. The predicted octanol–water partition coefficient (Wildman–Crippen LogP) is 0.132. The van der Waals surface area contributed by atoms with Gasteiger partial charge in [0.15, 0.2) is 0 Å². The molecule has 0 aromatic rings. The summed E-state index contributed by atoms with van der Waals surface area (Å²) in [6.45, 7) is 4.68. The van der Waals surface area contributed by atoms with Gasteiger partial charge in [-0.2, -0.15) is 0 Å². The third-order valence-corrected chi connectivity index (χ3v) is 2.69. The van der Waals surface area contributed by atoms with E-state index in [4.69, 9.17) is 5.73 Å².